The van der Waals surface area contributed by atoms with Crippen molar-refractivity contribution in [3.63, 3.8) is 0 Å². The molecule has 19 heavy (non-hydrogen) atoms. The molecular weight excluding hydrogens is 288 g/mol. The molecule has 1 aliphatic rings. The highest BCUT2D eigenvalue weighted by molar-refractivity contribution is 8.12. The Hall–Kier alpha value is -1.66. The van der Waals surface area contributed by atoms with E-state index in [1.54, 1.807) is 24.4 Å². The molecule has 1 atom stereocenters. The van der Waals surface area contributed by atoms with Crippen molar-refractivity contribution in [2.24, 2.45) is 0 Å². The van der Waals surface area contributed by atoms with E-state index in [4.69, 9.17) is 10.7 Å². The average Bonchev–Trinajstić information content (AvgIpc) is 2.33. The van der Waals surface area contributed by atoms with E-state index < -0.39 is 21.2 Å². The summed E-state index contributed by atoms with van der Waals surface area (Å²) in [7, 11) is 1.23. The molecule has 7 heteroatoms. The van der Waals surface area contributed by atoms with E-state index >= 15 is 0 Å². The van der Waals surface area contributed by atoms with Crippen molar-refractivity contribution in [3.8, 4) is 0 Å². The minimum absolute atomic E-state index is 0.127. The van der Waals surface area contributed by atoms with E-state index in [-0.39, 0.29) is 6.42 Å². The van der Waals surface area contributed by atoms with E-state index in [2.05, 4.69) is 4.98 Å². The van der Waals surface area contributed by atoms with Gasteiger partial charge in [-0.15, -0.1) is 0 Å². The number of benzene rings is 1. The lowest BCUT2D eigenvalue weighted by atomic mass is 9.95. The highest BCUT2D eigenvalue weighted by atomic mass is 35.7. The molecule has 5 nitrogen and oxygen atoms in total. The van der Waals surface area contributed by atoms with Crippen LogP contribution in [0.25, 0.3) is 10.9 Å². The fourth-order valence-corrected chi connectivity index (χ4v) is 3.64. The highest BCUT2D eigenvalue weighted by Crippen LogP contribution is 2.40. The van der Waals surface area contributed by atoms with Crippen LogP contribution in [0.3, 0.4) is 0 Å². The van der Waals surface area contributed by atoms with Crippen molar-refractivity contribution in [1.82, 2.24) is 9.29 Å². The quantitative estimate of drug-likeness (QED) is 0.628. The molecule has 0 aliphatic carbocycles. The molecule has 1 unspecified atom stereocenters. The average molecular weight is 297 g/mol. The Morgan fingerprint density at radius 1 is 1.26 bits per heavy atom. The van der Waals surface area contributed by atoms with Crippen LogP contribution in [0.4, 0.5) is 0 Å². The van der Waals surface area contributed by atoms with Crippen LogP contribution in [-0.4, -0.2) is 23.6 Å². The van der Waals surface area contributed by atoms with Crippen LogP contribution in [0.5, 0.6) is 0 Å². The molecule has 1 fully saturated rings. The largest absolute Gasteiger partial charge is 0.324 e. The van der Waals surface area contributed by atoms with Gasteiger partial charge in [0, 0.05) is 27.8 Å². The molecule has 98 valence electrons. The van der Waals surface area contributed by atoms with Crippen LogP contribution in [0, 0.1) is 0 Å². The van der Waals surface area contributed by atoms with Crippen LogP contribution >= 0.6 is 10.7 Å². The van der Waals surface area contributed by atoms with E-state index in [0.29, 0.717) is 15.4 Å². The predicted molar refractivity (Wildman–Crippen MR) is 70.7 cm³/mol. The summed E-state index contributed by atoms with van der Waals surface area (Å²) in [4.78, 5) is 15.7. The lowest BCUT2D eigenvalue weighted by Gasteiger charge is -2.37. The number of hydrogen-bond donors (Lipinski definition) is 0. The van der Waals surface area contributed by atoms with Gasteiger partial charge in [-0.2, -0.15) is 8.42 Å². The van der Waals surface area contributed by atoms with Gasteiger partial charge in [-0.1, -0.05) is 24.3 Å². The molecule has 0 saturated carbocycles. The lowest BCUT2D eigenvalue weighted by Crippen LogP contribution is -2.48. The number of β-lactam (4-membered cyclic amide) rings is 1. The minimum Gasteiger partial charge on any atom is -0.274 e. The normalized spacial score (nSPS) is 19.5. The maximum absolute atomic E-state index is 11.4. The number of nitrogens with zero attached hydrogens (tertiary/aromatic N) is 2. The van der Waals surface area contributed by atoms with E-state index in [0.717, 1.165) is 5.39 Å². The third kappa shape index (κ3) is 1.97. The van der Waals surface area contributed by atoms with Crippen molar-refractivity contribution in [2.45, 2.75) is 12.5 Å². The Labute approximate surface area is 114 Å². The summed E-state index contributed by atoms with van der Waals surface area (Å²) in [6.07, 6.45) is 1.76. The van der Waals surface area contributed by atoms with Gasteiger partial charge in [-0.25, -0.2) is 4.31 Å². The van der Waals surface area contributed by atoms with Crippen LogP contribution in [0.15, 0.2) is 36.5 Å². The summed E-state index contributed by atoms with van der Waals surface area (Å²) in [5, 5.41) is 0.895. The smallest absolute Gasteiger partial charge is 0.274 e. The second-order valence-corrected chi connectivity index (χ2v) is 6.66. The van der Waals surface area contributed by atoms with Crippen molar-refractivity contribution in [3.05, 3.63) is 42.1 Å². The number of para-hydroxylation sites is 1. The third-order valence-corrected chi connectivity index (χ3v) is 4.53. The van der Waals surface area contributed by atoms with Gasteiger partial charge < -0.3 is 0 Å². The first-order chi connectivity index (χ1) is 8.98. The number of pyridine rings is 1. The lowest BCUT2D eigenvalue weighted by molar-refractivity contribution is -0.137. The number of carbonyl (C=O) groups is 1. The van der Waals surface area contributed by atoms with Crippen LogP contribution < -0.4 is 0 Å². The summed E-state index contributed by atoms with van der Waals surface area (Å²) < 4.78 is 23.5. The first kappa shape index (κ1) is 12.4. The molecule has 0 spiro atoms. The molecule has 1 aromatic heterocycles. The summed E-state index contributed by atoms with van der Waals surface area (Å²) in [6, 6.07) is 8.57. The van der Waals surface area contributed by atoms with Gasteiger partial charge in [0.05, 0.1) is 18.0 Å². The number of aromatic nitrogens is 1. The van der Waals surface area contributed by atoms with Crippen LogP contribution in [0.2, 0.25) is 0 Å². The molecule has 1 aliphatic heterocycles. The summed E-state index contributed by atoms with van der Waals surface area (Å²) in [5.74, 6) is -0.493. The van der Waals surface area contributed by atoms with Gasteiger partial charge in [-0.3, -0.25) is 9.78 Å². The monoisotopic (exact) mass is 296 g/mol. The Bertz CT molecular complexity index is 770. The molecule has 3 rings (SSSR count). The highest BCUT2D eigenvalue weighted by Gasteiger charge is 2.45. The maximum atomic E-state index is 11.4. The molecule has 0 N–H and O–H groups in total. The molecule has 0 bridgehead atoms. The number of rotatable bonds is 2. The molecule has 0 radical (unpaired) electrons. The standard InChI is InChI=1S/C12H9ClN2O3S/c13-19(17,18)15-10(7-11(15)16)9-5-1-3-8-4-2-6-14-12(8)9/h1-6,10H,7H2. The number of halogens is 1. The second kappa shape index (κ2) is 4.18. The van der Waals surface area contributed by atoms with Crippen molar-refractivity contribution in [1.29, 1.82) is 0 Å². The third-order valence-electron chi connectivity index (χ3n) is 3.15. The van der Waals surface area contributed by atoms with Crippen molar-refractivity contribution < 1.29 is 13.2 Å². The molecule has 2 heterocycles. The van der Waals surface area contributed by atoms with Gasteiger partial charge in [0.2, 0.25) is 5.91 Å². The SMILES string of the molecule is O=C1CC(c2cccc3cccnc23)N1S(=O)(=O)Cl. The van der Waals surface area contributed by atoms with Gasteiger partial charge in [0.15, 0.2) is 0 Å². The molecule has 1 aromatic carbocycles. The summed E-state index contributed by atoms with van der Waals surface area (Å²) in [5.41, 5.74) is 1.38. The van der Waals surface area contributed by atoms with E-state index in [1.165, 1.54) is 0 Å². The van der Waals surface area contributed by atoms with Gasteiger partial charge >= 0.3 is 9.24 Å². The second-order valence-electron chi connectivity index (χ2n) is 4.27. The fourth-order valence-electron chi connectivity index (χ4n) is 2.31. The minimum atomic E-state index is -4.05. The molecule has 1 saturated heterocycles. The number of hydrogen-bond acceptors (Lipinski definition) is 4. The first-order valence-electron chi connectivity index (χ1n) is 5.59. The molecule has 2 aromatic rings. The zero-order valence-electron chi connectivity index (χ0n) is 9.65. The van der Waals surface area contributed by atoms with Gasteiger partial charge in [-0.05, 0) is 6.07 Å². The van der Waals surface area contributed by atoms with Crippen LogP contribution in [0.1, 0.15) is 18.0 Å². The predicted octanol–water partition coefficient (Wildman–Crippen LogP) is 1.99. The number of amides is 1. The summed E-state index contributed by atoms with van der Waals surface area (Å²) in [6.45, 7) is 0. The van der Waals surface area contributed by atoms with Crippen molar-refractivity contribution >= 4 is 36.7 Å². The molecule has 1 amide bonds. The van der Waals surface area contributed by atoms with Gasteiger partial charge in [0.1, 0.15) is 0 Å². The Morgan fingerprint density at radius 3 is 2.68 bits per heavy atom. The Balaban J connectivity index is 2.14. The Kier molecular flexibility index (Phi) is 2.72. The maximum Gasteiger partial charge on any atom is 0.324 e. The fraction of sp³-hybridized carbons (Fsp3) is 0.167. The van der Waals surface area contributed by atoms with E-state index in [1.807, 2.05) is 12.1 Å². The first-order valence-corrected chi connectivity index (χ1v) is 7.85. The zero-order valence-corrected chi connectivity index (χ0v) is 11.2. The summed E-state index contributed by atoms with van der Waals surface area (Å²) >= 11 is 0. The number of fused-ring (bicyclic) bond motifs is 1. The van der Waals surface area contributed by atoms with E-state index in [9.17, 15) is 13.2 Å². The van der Waals surface area contributed by atoms with Crippen molar-refractivity contribution in [2.75, 3.05) is 0 Å². The van der Waals surface area contributed by atoms with Crippen LogP contribution in [-0.2, 0) is 14.0 Å². The molecular formula is C12H9ClN2O3S. The Morgan fingerprint density at radius 2 is 2.00 bits per heavy atom. The topological polar surface area (TPSA) is 67.3 Å². The van der Waals surface area contributed by atoms with Gasteiger partial charge in [0.25, 0.3) is 0 Å². The number of carbonyl (C=O) groups excluding carboxylic acids is 1. The zero-order chi connectivity index (χ0) is 13.6.